The van der Waals surface area contributed by atoms with Crippen LogP contribution < -0.4 is 5.73 Å². The van der Waals surface area contributed by atoms with Crippen LogP contribution in [0.5, 0.6) is 0 Å². The predicted octanol–water partition coefficient (Wildman–Crippen LogP) is 1.92. The van der Waals surface area contributed by atoms with E-state index in [2.05, 4.69) is 35.9 Å². The monoisotopic (exact) mass is 265 g/mol. The molecule has 100 valence electrons. The maximum atomic E-state index is 5.83. The van der Waals surface area contributed by atoms with Crippen molar-refractivity contribution in [1.29, 1.82) is 0 Å². The van der Waals surface area contributed by atoms with Gasteiger partial charge in [-0.2, -0.15) is 0 Å². The van der Waals surface area contributed by atoms with Crippen LogP contribution in [0.4, 0.5) is 5.69 Å². The summed E-state index contributed by atoms with van der Waals surface area (Å²) < 4.78 is 0. The zero-order chi connectivity index (χ0) is 13.0. The number of nitrogens with two attached hydrogens (primary N) is 1. The van der Waals surface area contributed by atoms with Crippen molar-refractivity contribution in [3.8, 4) is 0 Å². The van der Waals surface area contributed by atoms with Crippen molar-refractivity contribution in [3.63, 3.8) is 0 Å². The maximum Gasteiger partial charge on any atom is 0.0344 e. The number of rotatable bonds is 4. The molecule has 4 heteroatoms. The zero-order valence-corrected chi connectivity index (χ0v) is 12.2. The summed E-state index contributed by atoms with van der Waals surface area (Å²) in [5.74, 6) is 1.16. The summed E-state index contributed by atoms with van der Waals surface area (Å²) in [5, 5.41) is 0. The lowest BCUT2D eigenvalue weighted by atomic mass is 10.2. The number of benzene rings is 1. The number of nitrogens with zero attached hydrogens (tertiary/aromatic N) is 2. The summed E-state index contributed by atoms with van der Waals surface area (Å²) in [4.78, 5) is 6.28. The van der Waals surface area contributed by atoms with Crippen molar-refractivity contribution in [1.82, 2.24) is 9.80 Å². The molecule has 3 nitrogen and oxygen atoms in total. The Hall–Kier alpha value is -0.710. The van der Waals surface area contributed by atoms with Gasteiger partial charge in [-0.05, 0) is 37.7 Å². The van der Waals surface area contributed by atoms with E-state index in [9.17, 15) is 0 Å². The minimum absolute atomic E-state index is 0.887. The molecule has 0 unspecified atom stereocenters. The standard InChI is InChI=1S/C14H23N3S/c1-12-11-13(3-4-14(12)15)18-10-9-17-7-5-16(2)6-8-17/h3-4,11H,5-10,15H2,1-2H3. The van der Waals surface area contributed by atoms with Gasteiger partial charge in [0.05, 0.1) is 0 Å². The van der Waals surface area contributed by atoms with Crippen LogP contribution >= 0.6 is 11.8 Å². The van der Waals surface area contributed by atoms with Crippen LogP contribution in [0.25, 0.3) is 0 Å². The number of aryl methyl sites for hydroxylation is 1. The fourth-order valence-corrected chi connectivity index (χ4v) is 3.11. The highest BCUT2D eigenvalue weighted by Crippen LogP contribution is 2.22. The molecule has 1 fully saturated rings. The van der Waals surface area contributed by atoms with Crippen LogP contribution in [0.2, 0.25) is 0 Å². The summed E-state index contributed by atoms with van der Waals surface area (Å²) in [6.45, 7) is 8.06. The molecule has 0 atom stereocenters. The van der Waals surface area contributed by atoms with Crippen molar-refractivity contribution < 1.29 is 0 Å². The van der Waals surface area contributed by atoms with Gasteiger partial charge in [-0.3, -0.25) is 4.90 Å². The Morgan fingerprint density at radius 1 is 1.22 bits per heavy atom. The second-order valence-electron chi connectivity index (χ2n) is 5.01. The third kappa shape index (κ3) is 3.90. The number of anilines is 1. The molecule has 1 heterocycles. The third-order valence-electron chi connectivity index (χ3n) is 3.51. The molecule has 1 aliphatic rings. The van der Waals surface area contributed by atoms with Gasteiger partial charge in [-0.25, -0.2) is 0 Å². The molecule has 0 radical (unpaired) electrons. The predicted molar refractivity (Wildman–Crippen MR) is 80.3 cm³/mol. The first-order valence-corrected chi connectivity index (χ1v) is 7.53. The van der Waals surface area contributed by atoms with Crippen molar-refractivity contribution in [2.24, 2.45) is 0 Å². The van der Waals surface area contributed by atoms with Gasteiger partial charge in [0.1, 0.15) is 0 Å². The van der Waals surface area contributed by atoms with Crippen LogP contribution in [0.3, 0.4) is 0 Å². The third-order valence-corrected chi connectivity index (χ3v) is 4.49. The van der Waals surface area contributed by atoms with Gasteiger partial charge in [-0.15, -0.1) is 11.8 Å². The average Bonchev–Trinajstić information content (AvgIpc) is 2.36. The fourth-order valence-electron chi connectivity index (χ4n) is 2.10. The number of thioether (sulfide) groups is 1. The lowest BCUT2D eigenvalue weighted by Crippen LogP contribution is -2.45. The van der Waals surface area contributed by atoms with Crippen molar-refractivity contribution in [2.45, 2.75) is 11.8 Å². The summed E-state index contributed by atoms with van der Waals surface area (Å²) in [7, 11) is 2.20. The number of likely N-dealkylation sites (N-methyl/N-ethyl adjacent to an activating group) is 1. The maximum absolute atomic E-state index is 5.83. The van der Waals surface area contributed by atoms with E-state index in [4.69, 9.17) is 5.73 Å². The summed E-state index contributed by atoms with van der Waals surface area (Å²) in [6, 6.07) is 6.31. The van der Waals surface area contributed by atoms with Gasteiger partial charge in [-0.1, -0.05) is 0 Å². The lowest BCUT2D eigenvalue weighted by Gasteiger charge is -2.32. The minimum atomic E-state index is 0.887. The van der Waals surface area contributed by atoms with E-state index >= 15 is 0 Å². The molecule has 2 rings (SSSR count). The molecule has 1 aromatic rings. The second-order valence-corrected chi connectivity index (χ2v) is 6.18. The average molecular weight is 265 g/mol. The Morgan fingerprint density at radius 2 is 1.94 bits per heavy atom. The van der Waals surface area contributed by atoms with E-state index in [1.165, 1.54) is 43.2 Å². The lowest BCUT2D eigenvalue weighted by molar-refractivity contribution is 0.161. The van der Waals surface area contributed by atoms with Gasteiger partial charge < -0.3 is 10.6 Å². The van der Waals surface area contributed by atoms with Gasteiger partial charge >= 0.3 is 0 Å². The molecule has 18 heavy (non-hydrogen) atoms. The Kier molecular flexibility index (Phi) is 4.92. The first-order chi connectivity index (χ1) is 8.65. The molecule has 2 N–H and O–H groups in total. The van der Waals surface area contributed by atoms with Gasteiger partial charge in [0.25, 0.3) is 0 Å². The van der Waals surface area contributed by atoms with Crippen LogP contribution in [-0.2, 0) is 0 Å². The Labute approximate surface area is 114 Å². The first kappa shape index (κ1) is 13.7. The topological polar surface area (TPSA) is 32.5 Å². The van der Waals surface area contributed by atoms with Crippen LogP contribution in [-0.4, -0.2) is 55.3 Å². The highest BCUT2D eigenvalue weighted by atomic mass is 32.2. The normalized spacial score (nSPS) is 18.1. The number of nitrogen functional groups attached to an aromatic ring is 1. The smallest absolute Gasteiger partial charge is 0.0344 e. The zero-order valence-electron chi connectivity index (χ0n) is 11.4. The van der Waals surface area contributed by atoms with Crippen molar-refractivity contribution >= 4 is 17.4 Å². The van der Waals surface area contributed by atoms with E-state index in [0.717, 1.165) is 11.4 Å². The highest BCUT2D eigenvalue weighted by Gasteiger charge is 2.12. The molecule has 0 aliphatic carbocycles. The van der Waals surface area contributed by atoms with Crippen LogP contribution in [0, 0.1) is 6.92 Å². The van der Waals surface area contributed by atoms with Crippen LogP contribution in [0.1, 0.15) is 5.56 Å². The summed E-state index contributed by atoms with van der Waals surface area (Å²) in [6.07, 6.45) is 0. The molecule has 0 aromatic heterocycles. The van der Waals surface area contributed by atoms with Crippen molar-refractivity contribution in [3.05, 3.63) is 23.8 Å². The van der Waals surface area contributed by atoms with E-state index in [1.54, 1.807) is 0 Å². The van der Waals surface area contributed by atoms with Gasteiger partial charge in [0, 0.05) is 49.1 Å². The highest BCUT2D eigenvalue weighted by molar-refractivity contribution is 7.99. The number of piperazine rings is 1. The largest absolute Gasteiger partial charge is 0.399 e. The Balaban J connectivity index is 1.73. The molecule has 0 spiro atoms. The molecule has 0 bridgehead atoms. The molecule has 1 aliphatic heterocycles. The van der Waals surface area contributed by atoms with E-state index in [1.807, 2.05) is 17.8 Å². The number of hydrogen-bond donors (Lipinski definition) is 1. The molecule has 0 amide bonds. The minimum Gasteiger partial charge on any atom is -0.399 e. The quantitative estimate of drug-likeness (QED) is 0.666. The second kappa shape index (κ2) is 6.45. The van der Waals surface area contributed by atoms with Crippen LogP contribution in [0.15, 0.2) is 23.1 Å². The fraction of sp³-hybridized carbons (Fsp3) is 0.571. The molecule has 1 saturated heterocycles. The SMILES string of the molecule is Cc1cc(SCCN2CCN(C)CC2)ccc1N. The summed E-state index contributed by atoms with van der Waals surface area (Å²) in [5.41, 5.74) is 7.89. The van der Waals surface area contributed by atoms with E-state index in [-0.39, 0.29) is 0 Å². The number of hydrogen-bond acceptors (Lipinski definition) is 4. The summed E-state index contributed by atoms with van der Waals surface area (Å²) >= 11 is 1.93. The van der Waals surface area contributed by atoms with E-state index < -0.39 is 0 Å². The molecular formula is C14H23N3S. The van der Waals surface area contributed by atoms with Gasteiger partial charge in [0.15, 0.2) is 0 Å². The molecule has 1 aromatic carbocycles. The Morgan fingerprint density at radius 3 is 2.61 bits per heavy atom. The Bertz CT molecular complexity index is 387. The first-order valence-electron chi connectivity index (χ1n) is 6.55. The molecular weight excluding hydrogens is 242 g/mol. The van der Waals surface area contributed by atoms with E-state index in [0.29, 0.717) is 0 Å². The molecule has 0 saturated carbocycles. The van der Waals surface area contributed by atoms with Crippen molar-refractivity contribution in [2.75, 3.05) is 51.3 Å². The van der Waals surface area contributed by atoms with Gasteiger partial charge in [0.2, 0.25) is 0 Å².